The van der Waals surface area contributed by atoms with Gasteiger partial charge >= 0.3 is 0 Å². The summed E-state index contributed by atoms with van der Waals surface area (Å²) in [6, 6.07) is 5.50. The maximum atomic E-state index is 12.0. The normalized spacial score (nSPS) is 18.5. The number of benzene rings is 1. The third kappa shape index (κ3) is 5.25. The van der Waals surface area contributed by atoms with Gasteiger partial charge in [0, 0.05) is 30.2 Å². The lowest BCUT2D eigenvalue weighted by Crippen LogP contribution is -2.39. The summed E-state index contributed by atoms with van der Waals surface area (Å²) < 4.78 is 11.0. The van der Waals surface area contributed by atoms with Crippen LogP contribution in [0.5, 0.6) is 0 Å². The molecule has 1 aliphatic heterocycles. The Kier molecular flexibility index (Phi) is 6.64. The van der Waals surface area contributed by atoms with Crippen molar-refractivity contribution in [1.29, 1.82) is 0 Å². The first-order chi connectivity index (χ1) is 10.6. The number of carbonyl (C=O) groups is 1. The average Bonchev–Trinajstić information content (AvgIpc) is 2.51. The van der Waals surface area contributed by atoms with Gasteiger partial charge in [0.1, 0.15) is 0 Å². The number of nitrogens with zero attached hydrogens (tertiary/aromatic N) is 1. The number of ether oxygens (including phenoxy) is 2. The topological polar surface area (TPSA) is 50.8 Å². The van der Waals surface area contributed by atoms with Gasteiger partial charge in [-0.2, -0.15) is 0 Å². The fourth-order valence-electron chi connectivity index (χ4n) is 2.33. The summed E-state index contributed by atoms with van der Waals surface area (Å²) in [6.45, 7) is 5.27. The molecule has 1 aliphatic rings. The second-order valence-corrected chi connectivity index (χ2v) is 5.95. The summed E-state index contributed by atoms with van der Waals surface area (Å²) in [5.74, 6) is -0.0157. The lowest BCUT2D eigenvalue weighted by molar-refractivity contribution is -0.117. The lowest BCUT2D eigenvalue weighted by atomic mass is 10.2. The Morgan fingerprint density at radius 3 is 3.00 bits per heavy atom. The van der Waals surface area contributed by atoms with Gasteiger partial charge in [-0.05, 0) is 31.7 Å². The van der Waals surface area contributed by atoms with Crippen LogP contribution in [0.2, 0.25) is 5.02 Å². The molecule has 1 heterocycles. The number of nitrogens with one attached hydrogen (secondary N) is 1. The van der Waals surface area contributed by atoms with Gasteiger partial charge in [-0.1, -0.05) is 17.7 Å². The van der Waals surface area contributed by atoms with Crippen LogP contribution in [0.25, 0.3) is 0 Å². The van der Waals surface area contributed by atoms with Gasteiger partial charge in [0.25, 0.3) is 0 Å². The van der Waals surface area contributed by atoms with Crippen molar-refractivity contribution in [2.45, 2.75) is 19.4 Å². The molecule has 1 unspecified atom stereocenters. The van der Waals surface area contributed by atoms with E-state index in [0.717, 1.165) is 17.8 Å². The summed E-state index contributed by atoms with van der Waals surface area (Å²) >= 11 is 6.05. The molecule has 0 bridgehead atoms. The van der Waals surface area contributed by atoms with Gasteiger partial charge in [0.05, 0.1) is 25.9 Å². The van der Waals surface area contributed by atoms with Crippen molar-refractivity contribution < 1.29 is 14.3 Å². The van der Waals surface area contributed by atoms with Gasteiger partial charge in [0.15, 0.2) is 0 Å². The molecule has 0 radical (unpaired) electrons. The van der Waals surface area contributed by atoms with E-state index < -0.39 is 0 Å². The van der Waals surface area contributed by atoms with Gasteiger partial charge in [0.2, 0.25) is 5.91 Å². The first kappa shape index (κ1) is 17.2. The van der Waals surface area contributed by atoms with Crippen molar-refractivity contribution in [3.8, 4) is 0 Å². The first-order valence-corrected chi connectivity index (χ1v) is 7.87. The number of amides is 1. The van der Waals surface area contributed by atoms with Crippen LogP contribution >= 0.6 is 11.6 Å². The number of hydrogen-bond donors (Lipinski definition) is 1. The van der Waals surface area contributed by atoms with Crippen LogP contribution in [0.1, 0.15) is 12.0 Å². The van der Waals surface area contributed by atoms with E-state index in [9.17, 15) is 4.79 Å². The molecule has 1 atom stereocenters. The van der Waals surface area contributed by atoms with Crippen LogP contribution in [0, 0.1) is 6.92 Å². The molecule has 1 fully saturated rings. The molecular weight excluding hydrogens is 304 g/mol. The van der Waals surface area contributed by atoms with Crippen LogP contribution < -0.4 is 5.32 Å². The Labute approximate surface area is 136 Å². The third-order valence-electron chi connectivity index (χ3n) is 3.66. The lowest BCUT2D eigenvalue weighted by Gasteiger charge is -2.27. The van der Waals surface area contributed by atoms with Crippen molar-refractivity contribution in [3.63, 3.8) is 0 Å². The predicted octanol–water partition coefficient (Wildman–Crippen LogP) is 2.32. The smallest absolute Gasteiger partial charge is 0.225 e. The highest BCUT2D eigenvalue weighted by Crippen LogP contribution is 2.22. The minimum absolute atomic E-state index is 0.0157. The Balaban J connectivity index is 1.73. The van der Waals surface area contributed by atoms with Crippen LogP contribution in [-0.4, -0.2) is 56.9 Å². The molecule has 1 N–H and O–H groups in total. The number of hydrogen-bond acceptors (Lipinski definition) is 4. The Morgan fingerprint density at radius 2 is 2.27 bits per heavy atom. The summed E-state index contributed by atoms with van der Waals surface area (Å²) in [5, 5.41) is 3.56. The van der Waals surface area contributed by atoms with Crippen molar-refractivity contribution >= 4 is 23.2 Å². The van der Waals surface area contributed by atoms with Crippen LogP contribution in [-0.2, 0) is 14.3 Å². The zero-order valence-electron chi connectivity index (χ0n) is 13.1. The van der Waals surface area contributed by atoms with Crippen molar-refractivity contribution in [3.05, 3.63) is 28.8 Å². The third-order valence-corrected chi connectivity index (χ3v) is 4.07. The van der Waals surface area contributed by atoms with Gasteiger partial charge in [-0.3, -0.25) is 4.79 Å². The van der Waals surface area contributed by atoms with Gasteiger partial charge in [-0.25, -0.2) is 0 Å². The minimum Gasteiger partial charge on any atom is -0.376 e. The molecule has 1 aromatic rings. The minimum atomic E-state index is -0.0157. The maximum Gasteiger partial charge on any atom is 0.225 e. The number of carbonyl (C=O) groups excluding carboxylic acids is 1. The second-order valence-electron chi connectivity index (χ2n) is 5.54. The molecule has 0 spiro atoms. The summed E-state index contributed by atoms with van der Waals surface area (Å²) in [5.41, 5.74) is 1.66. The highest BCUT2D eigenvalue weighted by atomic mass is 35.5. The fourth-order valence-corrected chi connectivity index (χ4v) is 2.50. The summed E-state index contributed by atoms with van der Waals surface area (Å²) in [6.07, 6.45) is 0.521. The van der Waals surface area contributed by atoms with Crippen molar-refractivity contribution in [2.75, 3.05) is 45.3 Å². The van der Waals surface area contributed by atoms with Crippen molar-refractivity contribution in [1.82, 2.24) is 4.90 Å². The molecule has 6 heteroatoms. The number of halogens is 1. The standard InChI is InChI=1S/C16H23ClN2O3/c1-12-14(17)4-3-5-15(12)18-16(20)6-7-19(2)10-13-11-21-8-9-22-13/h3-5,13H,6-11H2,1-2H3,(H,18,20). The molecular formula is C16H23ClN2O3. The number of anilines is 1. The number of likely N-dealkylation sites (N-methyl/N-ethyl adjacent to an activating group) is 1. The van der Waals surface area contributed by atoms with E-state index >= 15 is 0 Å². The molecule has 1 aromatic carbocycles. The summed E-state index contributed by atoms with van der Waals surface area (Å²) in [7, 11) is 1.98. The van der Waals surface area contributed by atoms with E-state index in [4.69, 9.17) is 21.1 Å². The highest BCUT2D eigenvalue weighted by Gasteiger charge is 2.17. The molecule has 1 saturated heterocycles. The van der Waals surface area contributed by atoms with E-state index in [1.807, 2.05) is 32.2 Å². The van der Waals surface area contributed by atoms with E-state index in [1.54, 1.807) is 0 Å². The van der Waals surface area contributed by atoms with Crippen LogP contribution in [0.4, 0.5) is 5.69 Å². The van der Waals surface area contributed by atoms with Crippen molar-refractivity contribution in [2.24, 2.45) is 0 Å². The molecule has 122 valence electrons. The largest absolute Gasteiger partial charge is 0.376 e. The second kappa shape index (κ2) is 8.48. The number of rotatable bonds is 6. The van der Waals surface area contributed by atoms with E-state index in [1.165, 1.54) is 0 Å². The quantitative estimate of drug-likeness (QED) is 0.871. The van der Waals surface area contributed by atoms with Crippen LogP contribution in [0.15, 0.2) is 18.2 Å². The van der Waals surface area contributed by atoms with Crippen LogP contribution in [0.3, 0.4) is 0 Å². The SMILES string of the molecule is Cc1c(Cl)cccc1NC(=O)CCN(C)CC1COCCO1. The zero-order chi connectivity index (χ0) is 15.9. The molecule has 0 saturated carbocycles. The van der Waals surface area contributed by atoms with E-state index in [-0.39, 0.29) is 12.0 Å². The monoisotopic (exact) mass is 326 g/mol. The maximum absolute atomic E-state index is 12.0. The molecule has 0 aromatic heterocycles. The Hall–Kier alpha value is -1.14. The molecule has 0 aliphatic carbocycles. The predicted molar refractivity (Wildman–Crippen MR) is 87.5 cm³/mol. The molecule has 22 heavy (non-hydrogen) atoms. The van der Waals surface area contributed by atoms with E-state index in [0.29, 0.717) is 37.8 Å². The summed E-state index contributed by atoms with van der Waals surface area (Å²) in [4.78, 5) is 14.1. The average molecular weight is 327 g/mol. The highest BCUT2D eigenvalue weighted by molar-refractivity contribution is 6.31. The Morgan fingerprint density at radius 1 is 1.45 bits per heavy atom. The molecule has 2 rings (SSSR count). The first-order valence-electron chi connectivity index (χ1n) is 7.49. The fraction of sp³-hybridized carbons (Fsp3) is 0.562. The van der Waals surface area contributed by atoms with Gasteiger partial charge in [-0.15, -0.1) is 0 Å². The molecule has 1 amide bonds. The van der Waals surface area contributed by atoms with Gasteiger partial charge < -0.3 is 19.7 Å². The Bertz CT molecular complexity index is 504. The molecule has 5 nitrogen and oxygen atoms in total. The zero-order valence-corrected chi connectivity index (χ0v) is 13.9. The van der Waals surface area contributed by atoms with E-state index in [2.05, 4.69) is 10.2 Å².